The summed E-state index contributed by atoms with van der Waals surface area (Å²) in [5, 5.41) is 14.3. The minimum absolute atomic E-state index is 0.0349. The van der Waals surface area contributed by atoms with Crippen molar-refractivity contribution < 1.29 is 29.0 Å². The van der Waals surface area contributed by atoms with Crippen LogP contribution in [0.3, 0.4) is 0 Å². The van der Waals surface area contributed by atoms with Crippen molar-refractivity contribution in [3.05, 3.63) is 35.9 Å². The highest BCUT2D eigenvalue weighted by Crippen LogP contribution is 2.08. The summed E-state index contributed by atoms with van der Waals surface area (Å²) in [6.45, 7) is 5.85. The van der Waals surface area contributed by atoms with Crippen molar-refractivity contribution in [2.24, 2.45) is 0 Å². The van der Waals surface area contributed by atoms with E-state index >= 15 is 0 Å². The lowest BCUT2D eigenvalue weighted by atomic mass is 10.1. The molecule has 1 aromatic carbocycles. The average Bonchev–Trinajstić information content (AvgIpc) is 2.59. The zero-order valence-electron chi connectivity index (χ0n) is 16.7. The second-order valence-electron chi connectivity index (χ2n) is 7.36. The molecule has 1 atom stereocenters. The van der Waals surface area contributed by atoms with Gasteiger partial charge in [-0.05, 0) is 45.6 Å². The predicted octanol–water partition coefficient (Wildman–Crippen LogP) is 2.47. The minimum atomic E-state index is -1.12. The fourth-order valence-corrected chi connectivity index (χ4v) is 2.30. The van der Waals surface area contributed by atoms with Crippen molar-refractivity contribution in [1.29, 1.82) is 0 Å². The quantitative estimate of drug-likeness (QED) is 0.497. The summed E-state index contributed by atoms with van der Waals surface area (Å²) in [6, 6.07) is 8.53. The number of aliphatic carboxylic acids is 1. The molecule has 1 aromatic rings. The summed E-state index contributed by atoms with van der Waals surface area (Å²) in [5.41, 5.74) is 0.299. The summed E-state index contributed by atoms with van der Waals surface area (Å²) in [7, 11) is 0. The molecule has 0 spiro atoms. The van der Waals surface area contributed by atoms with Gasteiger partial charge in [-0.15, -0.1) is 0 Å². The van der Waals surface area contributed by atoms with Gasteiger partial charge in [0.1, 0.15) is 18.2 Å². The predicted molar refractivity (Wildman–Crippen MR) is 104 cm³/mol. The number of hydrogen-bond acceptors (Lipinski definition) is 5. The van der Waals surface area contributed by atoms with E-state index in [1.54, 1.807) is 20.8 Å². The molecule has 0 bridgehead atoms. The highest BCUT2D eigenvalue weighted by atomic mass is 16.6. The molecule has 28 heavy (non-hydrogen) atoms. The first kappa shape index (κ1) is 23.4. The van der Waals surface area contributed by atoms with Gasteiger partial charge in [-0.1, -0.05) is 30.3 Å². The molecule has 0 fully saturated rings. The van der Waals surface area contributed by atoms with Gasteiger partial charge in [0.15, 0.2) is 0 Å². The van der Waals surface area contributed by atoms with E-state index in [0.29, 0.717) is 26.0 Å². The molecule has 1 rings (SSSR count). The van der Waals surface area contributed by atoms with Crippen molar-refractivity contribution in [3.8, 4) is 0 Å². The number of nitrogens with one attached hydrogen (secondary N) is 2. The Morgan fingerprint density at radius 1 is 1.11 bits per heavy atom. The molecular formula is C20H30N2O6. The Hall–Kier alpha value is -2.61. The van der Waals surface area contributed by atoms with Gasteiger partial charge in [-0.25, -0.2) is 9.59 Å². The van der Waals surface area contributed by atoms with Crippen molar-refractivity contribution in [1.82, 2.24) is 10.6 Å². The number of hydrogen-bond donors (Lipinski definition) is 3. The van der Waals surface area contributed by atoms with Crippen LogP contribution in [0.1, 0.15) is 45.6 Å². The van der Waals surface area contributed by atoms with Crippen LogP contribution in [-0.4, -0.2) is 47.9 Å². The molecule has 8 nitrogen and oxygen atoms in total. The lowest BCUT2D eigenvalue weighted by Gasteiger charge is -2.22. The third-order valence-electron chi connectivity index (χ3n) is 3.58. The number of ether oxygens (including phenoxy) is 2. The van der Waals surface area contributed by atoms with E-state index in [9.17, 15) is 19.5 Å². The van der Waals surface area contributed by atoms with Crippen molar-refractivity contribution in [3.63, 3.8) is 0 Å². The van der Waals surface area contributed by atoms with Gasteiger partial charge in [0.05, 0.1) is 6.61 Å². The molecule has 2 amide bonds. The van der Waals surface area contributed by atoms with Crippen LogP contribution in [0.2, 0.25) is 0 Å². The fourth-order valence-electron chi connectivity index (χ4n) is 2.30. The van der Waals surface area contributed by atoms with Crippen LogP contribution in [0.4, 0.5) is 4.79 Å². The second kappa shape index (κ2) is 12.0. The van der Waals surface area contributed by atoms with Crippen molar-refractivity contribution in [2.75, 3.05) is 13.2 Å². The Bertz CT molecular complexity index is 627. The van der Waals surface area contributed by atoms with E-state index in [-0.39, 0.29) is 18.9 Å². The van der Waals surface area contributed by atoms with Gasteiger partial charge >= 0.3 is 12.1 Å². The minimum Gasteiger partial charge on any atom is -0.480 e. The van der Waals surface area contributed by atoms with Crippen molar-refractivity contribution >= 4 is 18.0 Å². The number of rotatable bonds is 11. The molecule has 8 heteroatoms. The Kier molecular flexibility index (Phi) is 10.0. The Morgan fingerprint density at radius 2 is 1.79 bits per heavy atom. The highest BCUT2D eigenvalue weighted by molar-refractivity contribution is 5.80. The maximum atomic E-state index is 11.7. The molecule has 0 unspecified atom stereocenters. The standard InChI is InChI=1S/C20H30N2O6/c1-20(2,3)28-19(26)22-16(18(24)25)11-7-8-12-21-17(23)14-27-13-15-9-5-4-6-10-15/h4-6,9-10,16H,7-8,11-14H2,1-3H3,(H,21,23)(H,22,26)(H,24,25)/t16-/m0/s1. The number of alkyl carbamates (subject to hydrolysis) is 1. The molecule has 0 aromatic heterocycles. The molecule has 0 radical (unpaired) electrons. The number of carboxylic acid groups (broad SMARTS) is 1. The zero-order chi connectivity index (χ0) is 21.0. The number of carbonyl (C=O) groups is 3. The number of benzene rings is 1. The van der Waals surface area contributed by atoms with Crippen LogP contribution >= 0.6 is 0 Å². The van der Waals surface area contributed by atoms with E-state index in [1.165, 1.54) is 0 Å². The highest BCUT2D eigenvalue weighted by Gasteiger charge is 2.23. The van der Waals surface area contributed by atoms with Gasteiger partial charge in [0.25, 0.3) is 0 Å². The largest absolute Gasteiger partial charge is 0.480 e. The van der Waals surface area contributed by atoms with Gasteiger partial charge in [-0.2, -0.15) is 0 Å². The van der Waals surface area contributed by atoms with Crippen molar-refractivity contribution in [2.45, 2.75) is 58.3 Å². The lowest BCUT2D eigenvalue weighted by Crippen LogP contribution is -2.43. The van der Waals surface area contributed by atoms with Gasteiger partial charge in [-0.3, -0.25) is 4.79 Å². The zero-order valence-corrected chi connectivity index (χ0v) is 16.7. The smallest absolute Gasteiger partial charge is 0.408 e. The van der Waals surface area contributed by atoms with Crippen LogP contribution in [0.5, 0.6) is 0 Å². The topological polar surface area (TPSA) is 114 Å². The second-order valence-corrected chi connectivity index (χ2v) is 7.36. The van der Waals surface area contributed by atoms with Gasteiger partial charge < -0.3 is 25.2 Å². The third kappa shape index (κ3) is 11.2. The molecule has 0 aliphatic rings. The molecule has 0 heterocycles. The van der Waals surface area contributed by atoms with E-state index < -0.39 is 23.7 Å². The number of carbonyl (C=O) groups excluding carboxylic acids is 2. The number of carboxylic acids is 1. The first-order valence-corrected chi connectivity index (χ1v) is 9.28. The summed E-state index contributed by atoms with van der Waals surface area (Å²) in [6.07, 6.45) is 0.598. The SMILES string of the molecule is CC(C)(C)OC(=O)N[C@@H](CCCCNC(=O)COCc1ccccc1)C(=O)O. The first-order chi connectivity index (χ1) is 13.2. The van der Waals surface area contributed by atoms with Crippen LogP contribution in [-0.2, 0) is 25.7 Å². The van der Waals surface area contributed by atoms with E-state index in [0.717, 1.165) is 5.56 Å². The summed E-state index contributed by atoms with van der Waals surface area (Å²) < 4.78 is 10.4. The number of amides is 2. The first-order valence-electron chi connectivity index (χ1n) is 9.28. The Labute approximate surface area is 165 Å². The van der Waals surface area contributed by atoms with Gasteiger partial charge in [0, 0.05) is 6.54 Å². The van der Waals surface area contributed by atoms with Crippen LogP contribution in [0, 0.1) is 0 Å². The Morgan fingerprint density at radius 3 is 2.39 bits per heavy atom. The maximum Gasteiger partial charge on any atom is 0.408 e. The fraction of sp³-hybridized carbons (Fsp3) is 0.550. The van der Waals surface area contributed by atoms with E-state index in [2.05, 4.69) is 10.6 Å². The Balaban J connectivity index is 2.16. The molecule has 0 aliphatic heterocycles. The van der Waals surface area contributed by atoms with Gasteiger partial charge in [0.2, 0.25) is 5.91 Å². The maximum absolute atomic E-state index is 11.7. The normalized spacial score (nSPS) is 12.1. The molecular weight excluding hydrogens is 364 g/mol. The van der Waals surface area contributed by atoms with E-state index in [4.69, 9.17) is 9.47 Å². The van der Waals surface area contributed by atoms with Crippen LogP contribution < -0.4 is 10.6 Å². The third-order valence-corrected chi connectivity index (χ3v) is 3.58. The summed E-state index contributed by atoms with van der Waals surface area (Å²) in [5.74, 6) is -1.35. The van der Waals surface area contributed by atoms with E-state index in [1.807, 2.05) is 30.3 Å². The monoisotopic (exact) mass is 394 g/mol. The molecule has 0 saturated carbocycles. The molecule has 0 saturated heterocycles. The summed E-state index contributed by atoms with van der Waals surface area (Å²) in [4.78, 5) is 34.7. The summed E-state index contributed by atoms with van der Waals surface area (Å²) >= 11 is 0. The average molecular weight is 394 g/mol. The lowest BCUT2D eigenvalue weighted by molar-refractivity contribution is -0.139. The van der Waals surface area contributed by atoms with Crippen LogP contribution in [0.25, 0.3) is 0 Å². The molecule has 3 N–H and O–H groups in total. The molecule has 0 aliphatic carbocycles. The number of unbranched alkanes of at least 4 members (excludes halogenated alkanes) is 1. The molecule has 156 valence electrons. The van der Waals surface area contributed by atoms with Crippen LogP contribution in [0.15, 0.2) is 30.3 Å².